The van der Waals surface area contributed by atoms with Gasteiger partial charge in [0.1, 0.15) is 0 Å². The number of anilines is 1. The zero-order valence-corrected chi connectivity index (χ0v) is 10.6. The predicted octanol–water partition coefficient (Wildman–Crippen LogP) is 2.88. The molecule has 0 amide bonds. The molecule has 2 aromatic heterocycles. The minimum atomic E-state index is 0.781. The molecule has 0 fully saturated rings. The summed E-state index contributed by atoms with van der Waals surface area (Å²) < 4.78 is 0.994. The zero-order chi connectivity index (χ0) is 11.4. The zero-order valence-electron chi connectivity index (χ0n) is 8.97. The van der Waals surface area contributed by atoms with Crippen molar-refractivity contribution in [1.82, 2.24) is 9.97 Å². The molecule has 0 atom stereocenters. The van der Waals surface area contributed by atoms with E-state index in [0.717, 1.165) is 22.4 Å². The van der Waals surface area contributed by atoms with Crippen molar-refractivity contribution >= 4 is 21.6 Å². The van der Waals surface area contributed by atoms with Crippen molar-refractivity contribution in [3.63, 3.8) is 0 Å². The molecule has 0 saturated heterocycles. The van der Waals surface area contributed by atoms with Gasteiger partial charge in [-0.15, -0.1) is 0 Å². The molecule has 0 aliphatic rings. The first-order valence-corrected chi connectivity index (χ1v) is 5.77. The highest BCUT2D eigenvalue weighted by Crippen LogP contribution is 2.24. The van der Waals surface area contributed by atoms with Gasteiger partial charge in [0.15, 0.2) is 0 Å². The summed E-state index contributed by atoms with van der Waals surface area (Å²) in [6.45, 7) is 0.781. The van der Waals surface area contributed by atoms with Crippen LogP contribution in [0.5, 0.6) is 0 Å². The molecule has 2 heterocycles. The van der Waals surface area contributed by atoms with Gasteiger partial charge in [0.2, 0.25) is 0 Å². The van der Waals surface area contributed by atoms with Crippen molar-refractivity contribution in [3.05, 3.63) is 53.0 Å². The molecule has 2 aromatic rings. The molecule has 82 valence electrons. The number of hydrogen-bond donors (Lipinski definition) is 0. The minimum absolute atomic E-state index is 0.781. The van der Waals surface area contributed by atoms with Crippen molar-refractivity contribution in [2.75, 3.05) is 11.9 Å². The Morgan fingerprint density at radius 3 is 2.81 bits per heavy atom. The van der Waals surface area contributed by atoms with Crippen LogP contribution in [0.4, 0.5) is 5.69 Å². The topological polar surface area (TPSA) is 29.0 Å². The van der Waals surface area contributed by atoms with E-state index in [1.54, 1.807) is 12.4 Å². The third-order valence-electron chi connectivity index (χ3n) is 2.29. The van der Waals surface area contributed by atoms with Crippen LogP contribution < -0.4 is 4.90 Å². The van der Waals surface area contributed by atoms with E-state index in [0.29, 0.717) is 0 Å². The van der Waals surface area contributed by atoms with Crippen LogP contribution in [0.15, 0.2) is 47.3 Å². The number of pyridine rings is 2. The van der Waals surface area contributed by atoms with Gasteiger partial charge < -0.3 is 4.90 Å². The average molecular weight is 278 g/mol. The predicted molar refractivity (Wildman–Crippen MR) is 68.3 cm³/mol. The van der Waals surface area contributed by atoms with Crippen LogP contribution in [0.25, 0.3) is 0 Å². The third kappa shape index (κ3) is 2.58. The number of aromatic nitrogens is 2. The number of nitrogens with zero attached hydrogens (tertiary/aromatic N) is 3. The molecule has 0 saturated carbocycles. The van der Waals surface area contributed by atoms with Gasteiger partial charge in [-0.25, -0.2) is 0 Å². The van der Waals surface area contributed by atoms with Crippen molar-refractivity contribution < 1.29 is 0 Å². The Balaban J connectivity index is 2.15. The Morgan fingerprint density at radius 2 is 2.12 bits per heavy atom. The molecule has 0 spiro atoms. The monoisotopic (exact) mass is 277 g/mol. The van der Waals surface area contributed by atoms with Crippen LogP contribution in [-0.2, 0) is 6.54 Å². The highest BCUT2D eigenvalue weighted by molar-refractivity contribution is 9.10. The van der Waals surface area contributed by atoms with Gasteiger partial charge in [0.25, 0.3) is 0 Å². The standard InChI is InChI=1S/C12H12BrN3/c1-16(9-10-4-2-3-6-15-10)12-5-7-14-8-11(12)13/h2-8H,9H2,1H3. The second kappa shape index (κ2) is 5.07. The molecule has 3 nitrogen and oxygen atoms in total. The second-order valence-corrected chi connectivity index (χ2v) is 4.36. The van der Waals surface area contributed by atoms with Gasteiger partial charge >= 0.3 is 0 Å². The van der Waals surface area contributed by atoms with E-state index in [2.05, 4.69) is 30.8 Å². The van der Waals surface area contributed by atoms with Gasteiger partial charge in [0.05, 0.1) is 22.4 Å². The third-order valence-corrected chi connectivity index (χ3v) is 2.90. The first kappa shape index (κ1) is 11.1. The number of hydrogen-bond acceptors (Lipinski definition) is 3. The molecular formula is C12H12BrN3. The van der Waals surface area contributed by atoms with Crippen LogP contribution in [-0.4, -0.2) is 17.0 Å². The first-order chi connectivity index (χ1) is 7.77. The molecule has 0 bridgehead atoms. The van der Waals surface area contributed by atoms with E-state index in [1.165, 1.54) is 0 Å². The largest absolute Gasteiger partial charge is 0.368 e. The maximum atomic E-state index is 4.30. The molecule has 0 aliphatic heterocycles. The molecule has 0 unspecified atom stereocenters. The molecular weight excluding hydrogens is 266 g/mol. The Labute approximate surface area is 103 Å². The Bertz CT molecular complexity index is 459. The Hall–Kier alpha value is -1.42. The van der Waals surface area contributed by atoms with Gasteiger partial charge in [-0.3, -0.25) is 9.97 Å². The fraction of sp³-hybridized carbons (Fsp3) is 0.167. The quantitative estimate of drug-likeness (QED) is 0.864. The van der Waals surface area contributed by atoms with Crippen molar-refractivity contribution in [3.8, 4) is 0 Å². The van der Waals surface area contributed by atoms with Crippen LogP contribution in [0.1, 0.15) is 5.69 Å². The number of rotatable bonds is 3. The summed E-state index contributed by atoms with van der Waals surface area (Å²) in [4.78, 5) is 10.5. The minimum Gasteiger partial charge on any atom is -0.368 e. The Kier molecular flexibility index (Phi) is 3.51. The molecule has 0 aromatic carbocycles. The average Bonchev–Trinajstić information content (AvgIpc) is 2.31. The molecule has 2 rings (SSSR count). The highest BCUT2D eigenvalue weighted by Gasteiger charge is 2.06. The lowest BCUT2D eigenvalue weighted by Crippen LogP contribution is -2.17. The smallest absolute Gasteiger partial charge is 0.0599 e. The molecule has 16 heavy (non-hydrogen) atoms. The Morgan fingerprint density at radius 1 is 1.25 bits per heavy atom. The van der Waals surface area contributed by atoms with Gasteiger partial charge in [-0.1, -0.05) is 6.07 Å². The van der Waals surface area contributed by atoms with Gasteiger partial charge in [0, 0.05) is 25.6 Å². The molecule has 4 heteroatoms. The lowest BCUT2D eigenvalue weighted by molar-refractivity contribution is 0.881. The molecule has 0 radical (unpaired) electrons. The van der Waals surface area contributed by atoms with Crippen LogP contribution in [0, 0.1) is 0 Å². The molecule has 0 N–H and O–H groups in total. The van der Waals surface area contributed by atoms with E-state index in [1.807, 2.05) is 37.5 Å². The van der Waals surface area contributed by atoms with E-state index in [-0.39, 0.29) is 0 Å². The summed E-state index contributed by atoms with van der Waals surface area (Å²) >= 11 is 3.49. The molecule has 0 aliphatic carbocycles. The summed E-state index contributed by atoms with van der Waals surface area (Å²) in [7, 11) is 2.04. The summed E-state index contributed by atoms with van der Waals surface area (Å²) in [5, 5.41) is 0. The first-order valence-electron chi connectivity index (χ1n) is 4.98. The maximum absolute atomic E-state index is 4.30. The van der Waals surface area contributed by atoms with E-state index in [4.69, 9.17) is 0 Å². The normalized spacial score (nSPS) is 10.1. The summed E-state index contributed by atoms with van der Waals surface area (Å²) in [6, 6.07) is 7.92. The number of halogens is 1. The van der Waals surface area contributed by atoms with E-state index in [9.17, 15) is 0 Å². The van der Waals surface area contributed by atoms with E-state index >= 15 is 0 Å². The second-order valence-electron chi connectivity index (χ2n) is 3.50. The van der Waals surface area contributed by atoms with Crippen LogP contribution >= 0.6 is 15.9 Å². The van der Waals surface area contributed by atoms with Crippen molar-refractivity contribution in [1.29, 1.82) is 0 Å². The SMILES string of the molecule is CN(Cc1ccccn1)c1ccncc1Br. The van der Waals surface area contributed by atoms with Crippen LogP contribution in [0.3, 0.4) is 0 Å². The van der Waals surface area contributed by atoms with Crippen molar-refractivity contribution in [2.24, 2.45) is 0 Å². The fourth-order valence-corrected chi connectivity index (χ4v) is 2.05. The van der Waals surface area contributed by atoms with Gasteiger partial charge in [-0.2, -0.15) is 0 Å². The van der Waals surface area contributed by atoms with Crippen LogP contribution in [0.2, 0.25) is 0 Å². The summed E-state index contributed by atoms with van der Waals surface area (Å²) in [6.07, 6.45) is 5.39. The lowest BCUT2D eigenvalue weighted by Gasteiger charge is -2.19. The summed E-state index contributed by atoms with van der Waals surface area (Å²) in [5.74, 6) is 0. The lowest BCUT2D eigenvalue weighted by atomic mass is 10.3. The van der Waals surface area contributed by atoms with Gasteiger partial charge in [-0.05, 0) is 34.1 Å². The maximum Gasteiger partial charge on any atom is 0.0599 e. The van der Waals surface area contributed by atoms with E-state index < -0.39 is 0 Å². The van der Waals surface area contributed by atoms with Crippen molar-refractivity contribution in [2.45, 2.75) is 6.54 Å². The fourth-order valence-electron chi connectivity index (χ4n) is 1.50. The highest BCUT2D eigenvalue weighted by atomic mass is 79.9. The summed E-state index contributed by atoms with van der Waals surface area (Å²) in [5.41, 5.74) is 2.16.